The van der Waals surface area contributed by atoms with E-state index >= 15 is 0 Å². The van der Waals surface area contributed by atoms with Crippen molar-refractivity contribution < 1.29 is 4.79 Å². The van der Waals surface area contributed by atoms with Gasteiger partial charge in [-0.25, -0.2) is 0 Å². The van der Waals surface area contributed by atoms with Crippen molar-refractivity contribution in [2.24, 2.45) is 0 Å². The van der Waals surface area contributed by atoms with E-state index in [1.807, 2.05) is 57.2 Å². The van der Waals surface area contributed by atoms with Crippen molar-refractivity contribution in [2.75, 3.05) is 0 Å². The minimum atomic E-state index is -0.122. The normalized spacial score (nSPS) is 12.0. The third-order valence-corrected chi connectivity index (χ3v) is 3.83. The Hall–Kier alpha value is -1.87. The number of nitrogens with one attached hydrogen (secondary N) is 1. The van der Waals surface area contributed by atoms with Crippen molar-refractivity contribution in [2.45, 2.75) is 32.7 Å². The Kier molecular flexibility index (Phi) is 4.97. The fourth-order valence-electron chi connectivity index (χ4n) is 2.23. The molecule has 0 radical (unpaired) electrons. The van der Waals surface area contributed by atoms with Gasteiger partial charge in [-0.1, -0.05) is 30.3 Å². The van der Waals surface area contributed by atoms with Gasteiger partial charge in [-0.05, 0) is 38.0 Å². The molecule has 3 nitrogen and oxygen atoms in total. The molecule has 0 bridgehead atoms. The first kappa shape index (κ1) is 15.5. The van der Waals surface area contributed by atoms with Crippen LogP contribution in [0.25, 0.3) is 0 Å². The van der Waals surface area contributed by atoms with E-state index in [2.05, 4.69) is 10.3 Å². The molecule has 110 valence electrons. The maximum atomic E-state index is 12.4. The maximum absolute atomic E-state index is 12.4. The zero-order valence-electron chi connectivity index (χ0n) is 12.5. The van der Waals surface area contributed by atoms with Crippen molar-refractivity contribution in [3.05, 3.63) is 64.5 Å². The summed E-state index contributed by atoms with van der Waals surface area (Å²) in [5, 5.41) is 3.00. The first-order chi connectivity index (χ1) is 10.0. The molecule has 1 amide bonds. The number of rotatable bonds is 4. The SMILES string of the molecule is Cc1nc(C)c(C(=O)N[C@@H](C)c2ccccc2)cc1CCl. The first-order valence-corrected chi connectivity index (χ1v) is 7.45. The third-order valence-electron chi connectivity index (χ3n) is 3.54. The van der Waals surface area contributed by atoms with Crippen molar-refractivity contribution in [3.8, 4) is 0 Å². The van der Waals surface area contributed by atoms with Gasteiger partial charge in [-0.3, -0.25) is 9.78 Å². The molecule has 0 saturated carbocycles. The molecule has 0 aliphatic rings. The van der Waals surface area contributed by atoms with E-state index in [0.717, 1.165) is 22.5 Å². The zero-order valence-corrected chi connectivity index (χ0v) is 13.2. The Bertz CT molecular complexity index is 641. The van der Waals surface area contributed by atoms with Crippen molar-refractivity contribution >= 4 is 17.5 Å². The number of benzene rings is 1. The molecular formula is C17H19ClN2O. The number of alkyl halides is 1. The number of nitrogens with zero attached hydrogens (tertiary/aromatic N) is 1. The van der Waals surface area contributed by atoms with E-state index in [4.69, 9.17) is 11.6 Å². The first-order valence-electron chi connectivity index (χ1n) is 6.91. The number of hydrogen-bond acceptors (Lipinski definition) is 2. The Morgan fingerprint density at radius 2 is 1.90 bits per heavy atom. The van der Waals surface area contributed by atoms with Crippen LogP contribution in [-0.2, 0) is 5.88 Å². The van der Waals surface area contributed by atoms with Gasteiger partial charge in [0.1, 0.15) is 0 Å². The van der Waals surface area contributed by atoms with Crippen LogP contribution in [-0.4, -0.2) is 10.9 Å². The smallest absolute Gasteiger partial charge is 0.253 e. The lowest BCUT2D eigenvalue weighted by molar-refractivity contribution is 0.0938. The lowest BCUT2D eigenvalue weighted by atomic mass is 10.1. The number of aryl methyl sites for hydroxylation is 2. The van der Waals surface area contributed by atoms with Crippen LogP contribution >= 0.6 is 11.6 Å². The quantitative estimate of drug-likeness (QED) is 0.870. The lowest BCUT2D eigenvalue weighted by Crippen LogP contribution is -2.27. The molecule has 1 aromatic carbocycles. The maximum Gasteiger partial charge on any atom is 0.253 e. The van der Waals surface area contributed by atoms with Gasteiger partial charge in [0, 0.05) is 11.6 Å². The standard InChI is InChI=1S/C17H19ClN2O/c1-11(14-7-5-4-6-8-14)20-17(21)16-9-15(10-18)12(2)19-13(16)3/h4-9,11H,10H2,1-3H3,(H,20,21)/t11-/m0/s1. The van der Waals surface area contributed by atoms with E-state index in [-0.39, 0.29) is 11.9 Å². The number of amides is 1. The van der Waals surface area contributed by atoms with Crippen molar-refractivity contribution in [3.63, 3.8) is 0 Å². The van der Waals surface area contributed by atoms with Crippen LogP contribution in [0.3, 0.4) is 0 Å². The summed E-state index contributed by atoms with van der Waals surface area (Å²) in [6, 6.07) is 11.6. The van der Waals surface area contributed by atoms with Crippen molar-refractivity contribution in [1.82, 2.24) is 10.3 Å². The van der Waals surface area contributed by atoms with Crippen LogP contribution in [0.4, 0.5) is 0 Å². The molecule has 0 unspecified atom stereocenters. The second kappa shape index (κ2) is 6.72. The van der Waals surface area contributed by atoms with E-state index in [1.54, 1.807) is 0 Å². The van der Waals surface area contributed by atoms with Crippen LogP contribution in [0.15, 0.2) is 36.4 Å². The fourth-order valence-corrected chi connectivity index (χ4v) is 2.50. The summed E-state index contributed by atoms with van der Waals surface area (Å²) in [6.45, 7) is 5.71. The molecule has 0 saturated heterocycles. The highest BCUT2D eigenvalue weighted by molar-refractivity contribution is 6.17. The van der Waals surface area contributed by atoms with Gasteiger partial charge >= 0.3 is 0 Å². The van der Waals surface area contributed by atoms with Crippen LogP contribution < -0.4 is 5.32 Å². The summed E-state index contributed by atoms with van der Waals surface area (Å²) in [7, 11) is 0. The molecule has 4 heteroatoms. The molecule has 1 heterocycles. The van der Waals surface area contributed by atoms with Crippen LogP contribution in [0.1, 0.15) is 45.8 Å². The van der Waals surface area contributed by atoms with Crippen LogP contribution in [0.2, 0.25) is 0 Å². The molecular weight excluding hydrogens is 284 g/mol. The van der Waals surface area contributed by atoms with Gasteiger partial charge in [0.15, 0.2) is 0 Å². The minimum absolute atomic E-state index is 0.0566. The molecule has 0 aliphatic carbocycles. The highest BCUT2D eigenvalue weighted by Crippen LogP contribution is 2.17. The molecule has 0 spiro atoms. The van der Waals surface area contributed by atoms with Gasteiger partial charge in [0.2, 0.25) is 0 Å². The highest BCUT2D eigenvalue weighted by atomic mass is 35.5. The number of hydrogen-bond donors (Lipinski definition) is 1. The van der Waals surface area contributed by atoms with Gasteiger partial charge < -0.3 is 5.32 Å². The molecule has 0 aliphatic heterocycles. The summed E-state index contributed by atoms with van der Waals surface area (Å²) in [6.07, 6.45) is 0. The molecule has 1 N–H and O–H groups in total. The molecule has 21 heavy (non-hydrogen) atoms. The van der Waals surface area contributed by atoms with E-state index in [1.165, 1.54) is 0 Å². The third kappa shape index (κ3) is 3.61. The lowest BCUT2D eigenvalue weighted by Gasteiger charge is -2.16. The molecule has 0 fully saturated rings. The number of aromatic nitrogens is 1. The average Bonchev–Trinajstić information content (AvgIpc) is 2.48. The van der Waals surface area contributed by atoms with E-state index < -0.39 is 0 Å². The largest absolute Gasteiger partial charge is 0.345 e. The number of pyridine rings is 1. The Morgan fingerprint density at radius 3 is 2.52 bits per heavy atom. The predicted molar refractivity (Wildman–Crippen MR) is 85.6 cm³/mol. The summed E-state index contributed by atoms with van der Waals surface area (Å²) in [5.41, 5.74) is 4.13. The van der Waals surface area contributed by atoms with Gasteiger partial charge in [0.25, 0.3) is 5.91 Å². The van der Waals surface area contributed by atoms with Crippen molar-refractivity contribution in [1.29, 1.82) is 0 Å². The van der Waals surface area contributed by atoms with Gasteiger partial charge in [-0.15, -0.1) is 11.6 Å². The summed E-state index contributed by atoms with van der Waals surface area (Å²) >= 11 is 5.89. The molecule has 1 atom stereocenters. The number of carbonyl (C=O) groups excluding carboxylic acids is 1. The monoisotopic (exact) mass is 302 g/mol. The van der Waals surface area contributed by atoms with Gasteiger partial charge in [-0.2, -0.15) is 0 Å². The summed E-state index contributed by atoms with van der Waals surface area (Å²) in [4.78, 5) is 16.8. The zero-order chi connectivity index (χ0) is 15.4. The Morgan fingerprint density at radius 1 is 1.24 bits per heavy atom. The van der Waals surface area contributed by atoms with E-state index in [9.17, 15) is 4.79 Å². The fraction of sp³-hybridized carbons (Fsp3) is 0.294. The highest BCUT2D eigenvalue weighted by Gasteiger charge is 2.15. The average molecular weight is 303 g/mol. The molecule has 1 aromatic heterocycles. The molecule has 2 aromatic rings. The van der Waals surface area contributed by atoms with Crippen LogP contribution in [0, 0.1) is 13.8 Å². The number of carbonyl (C=O) groups is 1. The predicted octanol–water partition coefficient (Wildman–Crippen LogP) is 3.93. The number of halogens is 1. The molecule has 2 rings (SSSR count). The topological polar surface area (TPSA) is 42.0 Å². The Balaban J connectivity index is 2.21. The second-order valence-electron chi connectivity index (χ2n) is 5.11. The van der Waals surface area contributed by atoms with Crippen LogP contribution in [0.5, 0.6) is 0 Å². The summed E-state index contributed by atoms with van der Waals surface area (Å²) < 4.78 is 0. The minimum Gasteiger partial charge on any atom is -0.345 e. The van der Waals surface area contributed by atoms with Gasteiger partial charge in [0.05, 0.1) is 17.3 Å². The van der Waals surface area contributed by atoms with E-state index in [0.29, 0.717) is 11.4 Å². The Labute approximate surface area is 130 Å². The second-order valence-corrected chi connectivity index (χ2v) is 5.37. The summed E-state index contributed by atoms with van der Waals surface area (Å²) in [5.74, 6) is 0.232.